The molecule has 28 heavy (non-hydrogen) atoms. The Balaban J connectivity index is 1.43. The van der Waals surface area contributed by atoms with Crippen molar-refractivity contribution in [3.63, 3.8) is 0 Å². The molecule has 3 nitrogen and oxygen atoms in total. The molecule has 1 aliphatic heterocycles. The predicted molar refractivity (Wildman–Crippen MR) is 120 cm³/mol. The molecular formula is C23H27BrN2OS. The predicted octanol–water partition coefficient (Wildman–Crippen LogP) is 5.54. The van der Waals surface area contributed by atoms with Crippen LogP contribution >= 0.6 is 27.3 Å². The normalized spacial score (nSPS) is 31.9. The van der Waals surface area contributed by atoms with E-state index in [0.29, 0.717) is 23.8 Å². The number of halogens is 1. The SMILES string of the molecule is CN1C=CC=CC1C1C=CC=CC1[C@H]1CCC[C@@H](NC(=O)c2ccc(Br)s2)C1. The second-order valence-corrected chi connectivity index (χ2v) is 10.5. The third-order valence-corrected chi connectivity index (χ3v) is 7.84. The summed E-state index contributed by atoms with van der Waals surface area (Å²) in [6, 6.07) is 4.50. The first-order valence-electron chi connectivity index (χ1n) is 10.1. The minimum Gasteiger partial charge on any atom is -0.373 e. The highest BCUT2D eigenvalue weighted by molar-refractivity contribution is 9.11. The summed E-state index contributed by atoms with van der Waals surface area (Å²) in [5.41, 5.74) is 0. The maximum atomic E-state index is 12.6. The van der Waals surface area contributed by atoms with E-state index in [1.54, 1.807) is 0 Å². The Morgan fingerprint density at radius 2 is 1.89 bits per heavy atom. The molecule has 4 rings (SSSR count). The molecule has 1 aromatic heterocycles. The van der Waals surface area contributed by atoms with E-state index in [9.17, 15) is 4.79 Å². The molecule has 148 valence electrons. The van der Waals surface area contributed by atoms with Crippen molar-refractivity contribution in [1.82, 2.24) is 10.2 Å². The lowest BCUT2D eigenvalue weighted by atomic mass is 9.69. The van der Waals surface area contributed by atoms with Crippen LogP contribution in [0.3, 0.4) is 0 Å². The van der Waals surface area contributed by atoms with E-state index < -0.39 is 0 Å². The summed E-state index contributed by atoms with van der Waals surface area (Å²) < 4.78 is 1.000. The number of hydrogen-bond donors (Lipinski definition) is 1. The van der Waals surface area contributed by atoms with Crippen molar-refractivity contribution in [1.29, 1.82) is 0 Å². The van der Waals surface area contributed by atoms with Crippen molar-refractivity contribution >= 4 is 33.2 Å². The number of allylic oxidation sites excluding steroid dienone is 5. The van der Waals surface area contributed by atoms with Gasteiger partial charge in [-0.15, -0.1) is 11.3 Å². The number of thiophene rings is 1. The van der Waals surface area contributed by atoms with Gasteiger partial charge in [-0.25, -0.2) is 0 Å². The van der Waals surface area contributed by atoms with Gasteiger partial charge in [0.2, 0.25) is 0 Å². The Labute approximate surface area is 180 Å². The molecule has 1 saturated carbocycles. The zero-order valence-corrected chi connectivity index (χ0v) is 18.5. The smallest absolute Gasteiger partial charge is 0.261 e. The zero-order valence-electron chi connectivity index (χ0n) is 16.1. The van der Waals surface area contributed by atoms with Gasteiger partial charge in [-0.05, 0) is 71.4 Å². The van der Waals surface area contributed by atoms with E-state index in [1.165, 1.54) is 24.2 Å². The molecule has 1 aromatic rings. The van der Waals surface area contributed by atoms with Crippen molar-refractivity contribution in [2.75, 3.05) is 7.05 Å². The fourth-order valence-corrected chi connectivity index (χ4v) is 6.14. The minimum atomic E-state index is 0.0667. The molecule has 0 bridgehead atoms. The van der Waals surface area contributed by atoms with Crippen molar-refractivity contribution in [2.45, 2.75) is 37.8 Å². The summed E-state index contributed by atoms with van der Waals surface area (Å²) in [6.45, 7) is 0. The number of carbonyl (C=O) groups is 1. The van der Waals surface area contributed by atoms with Crippen LogP contribution in [0.1, 0.15) is 35.4 Å². The molecule has 0 aromatic carbocycles. The highest BCUT2D eigenvalue weighted by atomic mass is 79.9. The van der Waals surface area contributed by atoms with Crippen LogP contribution < -0.4 is 5.32 Å². The van der Waals surface area contributed by atoms with Gasteiger partial charge in [0.05, 0.1) is 14.7 Å². The lowest BCUT2D eigenvalue weighted by Crippen LogP contribution is -2.43. The monoisotopic (exact) mass is 458 g/mol. The summed E-state index contributed by atoms with van der Waals surface area (Å²) in [6.07, 6.45) is 22.5. The average Bonchev–Trinajstić information content (AvgIpc) is 3.15. The van der Waals surface area contributed by atoms with Gasteiger partial charge in [0, 0.05) is 19.0 Å². The molecule has 1 N–H and O–H groups in total. The summed E-state index contributed by atoms with van der Waals surface area (Å²) in [5.74, 6) is 1.66. The standard InChI is InChI=1S/C23H27BrN2OS/c1-26-14-5-4-11-20(26)19-10-3-2-9-18(19)16-7-6-8-17(15-16)25-23(27)21-12-13-22(24)28-21/h2-5,9-14,16-20H,6-8,15H2,1H3,(H,25,27)/t16-,17+,18?,19?,20?/m0/s1. The number of nitrogens with zero attached hydrogens (tertiary/aromatic N) is 1. The van der Waals surface area contributed by atoms with E-state index in [0.717, 1.165) is 21.5 Å². The molecule has 5 atom stereocenters. The Bertz CT molecular complexity index is 824. The maximum Gasteiger partial charge on any atom is 0.261 e. The van der Waals surface area contributed by atoms with Gasteiger partial charge in [0.1, 0.15) is 0 Å². The Morgan fingerprint density at radius 1 is 1.11 bits per heavy atom. The molecule has 1 amide bonds. The van der Waals surface area contributed by atoms with E-state index in [4.69, 9.17) is 0 Å². The van der Waals surface area contributed by atoms with Crippen LogP contribution in [0.5, 0.6) is 0 Å². The van der Waals surface area contributed by atoms with Crippen LogP contribution in [0.25, 0.3) is 0 Å². The van der Waals surface area contributed by atoms with Crippen molar-refractivity contribution in [3.8, 4) is 0 Å². The van der Waals surface area contributed by atoms with Gasteiger partial charge >= 0.3 is 0 Å². The summed E-state index contributed by atoms with van der Waals surface area (Å²) in [4.78, 5) is 15.7. The summed E-state index contributed by atoms with van der Waals surface area (Å²) >= 11 is 4.94. The molecule has 2 heterocycles. The molecule has 5 heteroatoms. The summed E-state index contributed by atoms with van der Waals surface area (Å²) in [7, 11) is 2.16. The van der Waals surface area contributed by atoms with Gasteiger partial charge in [0.25, 0.3) is 5.91 Å². The number of nitrogens with one attached hydrogen (secondary N) is 1. The van der Waals surface area contributed by atoms with Crippen LogP contribution in [-0.2, 0) is 0 Å². The van der Waals surface area contributed by atoms with Crippen molar-refractivity contribution in [2.24, 2.45) is 17.8 Å². The molecule has 2 aliphatic carbocycles. The molecule has 1 fully saturated rings. The lowest BCUT2D eigenvalue weighted by molar-refractivity contribution is 0.0909. The number of likely N-dealkylation sites (N-methyl/N-ethyl adjacent to an activating group) is 1. The highest BCUT2D eigenvalue weighted by Crippen LogP contribution is 2.40. The van der Waals surface area contributed by atoms with E-state index in [1.807, 2.05) is 12.1 Å². The third-order valence-electron chi connectivity index (χ3n) is 6.22. The molecule has 0 radical (unpaired) electrons. The van der Waals surface area contributed by atoms with E-state index >= 15 is 0 Å². The molecule has 3 unspecified atom stereocenters. The number of rotatable bonds is 4. The largest absolute Gasteiger partial charge is 0.373 e. The van der Waals surface area contributed by atoms with Crippen molar-refractivity contribution < 1.29 is 4.79 Å². The fraction of sp³-hybridized carbons (Fsp3) is 0.435. The number of hydrogen-bond acceptors (Lipinski definition) is 3. The molecule has 3 aliphatic rings. The van der Waals surface area contributed by atoms with Crippen LogP contribution in [0.2, 0.25) is 0 Å². The fourth-order valence-electron chi connectivity index (χ4n) is 4.85. The van der Waals surface area contributed by atoms with Gasteiger partial charge in [-0.3, -0.25) is 4.79 Å². The lowest BCUT2D eigenvalue weighted by Gasteiger charge is -2.42. The maximum absolute atomic E-state index is 12.6. The van der Waals surface area contributed by atoms with Crippen molar-refractivity contribution in [3.05, 3.63) is 69.5 Å². The van der Waals surface area contributed by atoms with Crippen LogP contribution in [0, 0.1) is 17.8 Å². The van der Waals surface area contributed by atoms with Crippen LogP contribution in [0.15, 0.2) is 64.7 Å². The van der Waals surface area contributed by atoms with E-state index in [2.05, 4.69) is 81.9 Å². The highest BCUT2D eigenvalue weighted by Gasteiger charge is 2.36. The number of amides is 1. The molecule has 0 saturated heterocycles. The topological polar surface area (TPSA) is 32.3 Å². The first kappa shape index (κ1) is 19.7. The first-order chi connectivity index (χ1) is 13.6. The minimum absolute atomic E-state index is 0.0667. The van der Waals surface area contributed by atoms with E-state index in [-0.39, 0.29) is 11.9 Å². The average molecular weight is 459 g/mol. The quantitative estimate of drug-likeness (QED) is 0.641. The Kier molecular flexibility index (Phi) is 6.22. The molecular weight excluding hydrogens is 432 g/mol. The van der Waals surface area contributed by atoms with Gasteiger partial charge in [-0.1, -0.05) is 42.9 Å². The Hall–Kier alpha value is -1.59. The summed E-state index contributed by atoms with van der Waals surface area (Å²) in [5, 5.41) is 3.29. The second kappa shape index (κ2) is 8.83. The van der Waals surface area contributed by atoms with Crippen LogP contribution in [0.4, 0.5) is 0 Å². The van der Waals surface area contributed by atoms with Gasteiger partial charge in [-0.2, -0.15) is 0 Å². The number of carbonyl (C=O) groups excluding carboxylic acids is 1. The second-order valence-electron chi connectivity index (χ2n) is 8.01. The first-order valence-corrected chi connectivity index (χ1v) is 11.7. The zero-order chi connectivity index (χ0) is 19.5. The Morgan fingerprint density at radius 3 is 2.64 bits per heavy atom. The van der Waals surface area contributed by atoms with Gasteiger partial charge in [0.15, 0.2) is 0 Å². The molecule has 0 spiro atoms. The van der Waals surface area contributed by atoms with Gasteiger partial charge < -0.3 is 10.2 Å². The van der Waals surface area contributed by atoms with Crippen LogP contribution in [-0.4, -0.2) is 29.9 Å². The third kappa shape index (κ3) is 4.36.